The van der Waals surface area contributed by atoms with Crippen LogP contribution in [0, 0.1) is 0 Å². The van der Waals surface area contributed by atoms with E-state index in [9.17, 15) is 0 Å². The highest BCUT2D eigenvalue weighted by atomic mass is 15.3. The third-order valence-electron chi connectivity index (χ3n) is 2.13. The number of benzene rings is 1. The van der Waals surface area contributed by atoms with Gasteiger partial charge in [0.05, 0.1) is 11.7 Å². The Balaban J connectivity index is 2.35. The molecule has 1 aromatic carbocycles. The number of nitrogens with two attached hydrogens (primary N) is 1. The van der Waals surface area contributed by atoms with E-state index in [0.717, 1.165) is 13.0 Å². The van der Waals surface area contributed by atoms with E-state index in [1.165, 1.54) is 10.9 Å². The number of fused-ring (bicyclic) bond motifs is 1. The average molecular weight is 175 g/mol. The van der Waals surface area contributed by atoms with Gasteiger partial charge in [-0.15, -0.1) is 0 Å². The molecule has 2 rings (SSSR count). The number of rotatable bonds is 3. The molecule has 0 saturated carbocycles. The molecule has 0 aliphatic heterocycles. The zero-order chi connectivity index (χ0) is 9.10. The van der Waals surface area contributed by atoms with Gasteiger partial charge in [0.2, 0.25) is 0 Å². The van der Waals surface area contributed by atoms with Gasteiger partial charge in [0.15, 0.2) is 0 Å². The van der Waals surface area contributed by atoms with Gasteiger partial charge in [0.1, 0.15) is 0 Å². The monoisotopic (exact) mass is 175 g/mol. The first-order valence-electron chi connectivity index (χ1n) is 4.52. The van der Waals surface area contributed by atoms with Gasteiger partial charge >= 0.3 is 0 Å². The molecule has 68 valence electrons. The maximum absolute atomic E-state index is 5.45. The van der Waals surface area contributed by atoms with Crippen LogP contribution in [-0.4, -0.2) is 16.3 Å². The van der Waals surface area contributed by atoms with Gasteiger partial charge in [-0.1, -0.05) is 18.2 Å². The average Bonchev–Trinajstić information content (AvgIpc) is 2.58. The van der Waals surface area contributed by atoms with Crippen LogP contribution in [0.2, 0.25) is 0 Å². The molecule has 3 heteroatoms. The molecule has 0 fully saturated rings. The van der Waals surface area contributed by atoms with Crippen molar-refractivity contribution in [2.45, 2.75) is 13.0 Å². The normalized spacial score (nSPS) is 10.8. The molecule has 0 bridgehead atoms. The molecule has 0 saturated heterocycles. The molecule has 1 aromatic heterocycles. The number of hydrogen-bond acceptors (Lipinski definition) is 2. The fourth-order valence-corrected chi connectivity index (χ4v) is 1.45. The molecule has 3 nitrogen and oxygen atoms in total. The summed E-state index contributed by atoms with van der Waals surface area (Å²) in [6, 6.07) is 8.21. The lowest BCUT2D eigenvalue weighted by Gasteiger charge is -2.00. The van der Waals surface area contributed by atoms with Gasteiger partial charge < -0.3 is 5.73 Å². The molecule has 0 radical (unpaired) electrons. The summed E-state index contributed by atoms with van der Waals surface area (Å²) in [7, 11) is 0. The molecule has 2 aromatic rings. The third kappa shape index (κ3) is 1.55. The highest BCUT2D eigenvalue weighted by Crippen LogP contribution is 2.12. The van der Waals surface area contributed by atoms with Crippen LogP contribution in [0.4, 0.5) is 0 Å². The number of aryl methyl sites for hydroxylation is 1. The van der Waals surface area contributed by atoms with Gasteiger partial charge in [-0.25, -0.2) is 0 Å². The van der Waals surface area contributed by atoms with E-state index in [1.807, 2.05) is 23.0 Å². The molecule has 13 heavy (non-hydrogen) atoms. The van der Waals surface area contributed by atoms with Crippen LogP contribution in [0.15, 0.2) is 30.5 Å². The summed E-state index contributed by atoms with van der Waals surface area (Å²) >= 11 is 0. The second-order valence-corrected chi connectivity index (χ2v) is 3.07. The molecule has 2 N–H and O–H groups in total. The van der Waals surface area contributed by atoms with Crippen molar-refractivity contribution in [1.82, 2.24) is 9.78 Å². The van der Waals surface area contributed by atoms with Crippen LogP contribution in [0.3, 0.4) is 0 Å². The Morgan fingerprint density at radius 1 is 1.31 bits per heavy atom. The van der Waals surface area contributed by atoms with E-state index < -0.39 is 0 Å². The summed E-state index contributed by atoms with van der Waals surface area (Å²) in [5, 5.41) is 5.49. The van der Waals surface area contributed by atoms with Crippen molar-refractivity contribution < 1.29 is 0 Å². The van der Waals surface area contributed by atoms with Crippen LogP contribution in [0.25, 0.3) is 10.9 Å². The molecular weight excluding hydrogens is 162 g/mol. The van der Waals surface area contributed by atoms with Gasteiger partial charge in [-0.05, 0) is 19.0 Å². The molecular formula is C10H13N3. The maximum Gasteiger partial charge on any atom is 0.0682 e. The van der Waals surface area contributed by atoms with Gasteiger partial charge in [-0.2, -0.15) is 5.10 Å². The fourth-order valence-electron chi connectivity index (χ4n) is 1.45. The summed E-state index contributed by atoms with van der Waals surface area (Å²) < 4.78 is 2.00. The lowest BCUT2D eigenvalue weighted by molar-refractivity contribution is 0.602. The second-order valence-electron chi connectivity index (χ2n) is 3.07. The third-order valence-corrected chi connectivity index (χ3v) is 2.13. The highest BCUT2D eigenvalue weighted by Gasteiger charge is 1.99. The minimum absolute atomic E-state index is 0.716. The Labute approximate surface area is 77.2 Å². The van der Waals surface area contributed by atoms with E-state index in [2.05, 4.69) is 17.2 Å². The first kappa shape index (κ1) is 8.26. The highest BCUT2D eigenvalue weighted by molar-refractivity contribution is 5.78. The molecule has 1 heterocycles. The first-order valence-corrected chi connectivity index (χ1v) is 4.52. The van der Waals surface area contributed by atoms with E-state index in [0.29, 0.717) is 6.54 Å². The fraction of sp³-hybridized carbons (Fsp3) is 0.300. The van der Waals surface area contributed by atoms with Crippen molar-refractivity contribution in [2.24, 2.45) is 5.73 Å². The quantitative estimate of drug-likeness (QED) is 0.766. The number of aromatic nitrogens is 2. The summed E-state index contributed by atoms with van der Waals surface area (Å²) in [6.07, 6.45) is 2.87. The van der Waals surface area contributed by atoms with Crippen LogP contribution >= 0.6 is 0 Å². The van der Waals surface area contributed by atoms with Gasteiger partial charge in [0, 0.05) is 11.9 Å². The summed E-state index contributed by atoms with van der Waals surface area (Å²) in [5.74, 6) is 0. The van der Waals surface area contributed by atoms with Crippen molar-refractivity contribution >= 4 is 10.9 Å². The maximum atomic E-state index is 5.45. The summed E-state index contributed by atoms with van der Waals surface area (Å²) in [6.45, 7) is 1.62. The Morgan fingerprint density at radius 2 is 2.15 bits per heavy atom. The largest absolute Gasteiger partial charge is 0.330 e. The number of nitrogens with zero attached hydrogens (tertiary/aromatic N) is 2. The molecule has 0 spiro atoms. The van der Waals surface area contributed by atoms with Crippen molar-refractivity contribution in [3.63, 3.8) is 0 Å². The van der Waals surface area contributed by atoms with E-state index in [-0.39, 0.29) is 0 Å². The lowest BCUT2D eigenvalue weighted by Crippen LogP contribution is -2.06. The molecule has 0 unspecified atom stereocenters. The Morgan fingerprint density at radius 3 is 3.00 bits per heavy atom. The van der Waals surface area contributed by atoms with Crippen molar-refractivity contribution in [3.05, 3.63) is 30.5 Å². The number of para-hydroxylation sites is 1. The Bertz CT molecular complexity index is 392. The van der Waals surface area contributed by atoms with Crippen molar-refractivity contribution in [2.75, 3.05) is 6.54 Å². The number of hydrogen-bond donors (Lipinski definition) is 1. The summed E-state index contributed by atoms with van der Waals surface area (Å²) in [5.41, 5.74) is 6.64. The lowest BCUT2D eigenvalue weighted by atomic mass is 10.2. The van der Waals surface area contributed by atoms with Crippen molar-refractivity contribution in [1.29, 1.82) is 0 Å². The Kier molecular flexibility index (Phi) is 2.27. The smallest absolute Gasteiger partial charge is 0.0682 e. The van der Waals surface area contributed by atoms with Crippen LogP contribution < -0.4 is 5.73 Å². The predicted molar refractivity (Wildman–Crippen MR) is 53.4 cm³/mol. The van der Waals surface area contributed by atoms with Gasteiger partial charge in [0.25, 0.3) is 0 Å². The minimum Gasteiger partial charge on any atom is -0.330 e. The molecule has 0 amide bonds. The Hall–Kier alpha value is -1.35. The predicted octanol–water partition coefficient (Wildman–Crippen LogP) is 1.39. The topological polar surface area (TPSA) is 43.8 Å². The second kappa shape index (κ2) is 3.58. The minimum atomic E-state index is 0.716. The molecule has 0 aliphatic rings. The first-order chi connectivity index (χ1) is 6.42. The van der Waals surface area contributed by atoms with Crippen LogP contribution in [0.1, 0.15) is 6.42 Å². The molecule has 0 atom stereocenters. The summed E-state index contributed by atoms with van der Waals surface area (Å²) in [4.78, 5) is 0. The van der Waals surface area contributed by atoms with Gasteiger partial charge in [-0.3, -0.25) is 4.68 Å². The van der Waals surface area contributed by atoms with E-state index >= 15 is 0 Å². The van der Waals surface area contributed by atoms with Crippen LogP contribution in [-0.2, 0) is 6.54 Å². The van der Waals surface area contributed by atoms with Crippen LogP contribution in [0.5, 0.6) is 0 Å². The zero-order valence-corrected chi connectivity index (χ0v) is 7.48. The van der Waals surface area contributed by atoms with E-state index in [4.69, 9.17) is 5.73 Å². The zero-order valence-electron chi connectivity index (χ0n) is 7.48. The molecule has 0 aliphatic carbocycles. The standard InChI is InChI=1S/C10H13N3/c11-6-3-7-13-10-5-2-1-4-9(10)8-12-13/h1-2,4-5,8H,3,6-7,11H2. The van der Waals surface area contributed by atoms with Crippen molar-refractivity contribution in [3.8, 4) is 0 Å². The SMILES string of the molecule is NCCCn1ncc2ccccc21. The van der Waals surface area contributed by atoms with E-state index in [1.54, 1.807) is 0 Å².